The minimum absolute atomic E-state index is 0.223. The fourth-order valence-electron chi connectivity index (χ4n) is 3.75. The number of carbonyl (C=O) groups excluding carboxylic acids is 1. The third-order valence-corrected chi connectivity index (χ3v) is 5.58. The lowest BCUT2D eigenvalue weighted by Gasteiger charge is -2.19. The molecular formula is C24H19ClN4O2. The van der Waals surface area contributed by atoms with E-state index in [2.05, 4.69) is 21.3 Å². The van der Waals surface area contributed by atoms with Crippen molar-refractivity contribution in [2.75, 3.05) is 23.9 Å². The molecule has 0 unspecified atom stereocenters. The van der Waals surface area contributed by atoms with Crippen LogP contribution in [0.15, 0.2) is 66.9 Å². The van der Waals surface area contributed by atoms with Gasteiger partial charge in [-0.3, -0.25) is 4.79 Å². The van der Waals surface area contributed by atoms with Gasteiger partial charge in [-0.15, -0.1) is 0 Å². The van der Waals surface area contributed by atoms with Crippen LogP contribution in [-0.4, -0.2) is 29.5 Å². The van der Waals surface area contributed by atoms with Crippen molar-refractivity contribution in [1.29, 1.82) is 0 Å². The van der Waals surface area contributed by atoms with E-state index in [1.165, 1.54) is 11.8 Å². The highest BCUT2D eigenvalue weighted by molar-refractivity contribution is 6.30. The summed E-state index contributed by atoms with van der Waals surface area (Å²) in [6.07, 6.45) is 2.42. The van der Waals surface area contributed by atoms with Crippen molar-refractivity contribution >= 4 is 45.7 Å². The summed E-state index contributed by atoms with van der Waals surface area (Å²) in [7, 11) is 1.65. The van der Waals surface area contributed by atoms with E-state index in [9.17, 15) is 4.79 Å². The monoisotopic (exact) mass is 430 g/mol. The minimum atomic E-state index is -0.223. The predicted molar refractivity (Wildman–Crippen MR) is 123 cm³/mol. The van der Waals surface area contributed by atoms with Crippen molar-refractivity contribution in [3.63, 3.8) is 0 Å². The quantitative estimate of drug-likeness (QED) is 0.479. The Morgan fingerprint density at radius 2 is 1.94 bits per heavy atom. The second-order valence-electron chi connectivity index (χ2n) is 7.29. The van der Waals surface area contributed by atoms with Crippen LogP contribution in [0.25, 0.3) is 10.9 Å². The van der Waals surface area contributed by atoms with Gasteiger partial charge < -0.3 is 15.0 Å². The lowest BCUT2D eigenvalue weighted by Crippen LogP contribution is -2.16. The van der Waals surface area contributed by atoms with Crippen molar-refractivity contribution in [1.82, 2.24) is 9.97 Å². The van der Waals surface area contributed by atoms with E-state index in [1.54, 1.807) is 19.2 Å². The number of nitrogens with zero attached hydrogens (tertiary/aromatic N) is 3. The van der Waals surface area contributed by atoms with Crippen molar-refractivity contribution in [2.45, 2.75) is 6.42 Å². The van der Waals surface area contributed by atoms with Crippen molar-refractivity contribution in [3.05, 3.63) is 83.0 Å². The second-order valence-corrected chi connectivity index (χ2v) is 7.73. The number of amides is 1. The summed E-state index contributed by atoms with van der Waals surface area (Å²) >= 11 is 5.84. The number of benzene rings is 2. The Bertz CT molecular complexity index is 1270. The Labute approximate surface area is 184 Å². The molecule has 3 heterocycles. The number of hydrogen-bond donors (Lipinski definition) is 1. The Morgan fingerprint density at radius 1 is 1.10 bits per heavy atom. The van der Waals surface area contributed by atoms with E-state index in [1.807, 2.05) is 42.5 Å². The van der Waals surface area contributed by atoms with Crippen LogP contribution in [0, 0.1) is 0 Å². The molecule has 0 bridgehead atoms. The summed E-state index contributed by atoms with van der Waals surface area (Å²) in [6.45, 7) is 0.843. The summed E-state index contributed by atoms with van der Waals surface area (Å²) in [5.74, 6) is 1.97. The molecule has 1 aliphatic rings. The summed E-state index contributed by atoms with van der Waals surface area (Å²) in [5, 5.41) is 4.40. The van der Waals surface area contributed by atoms with Gasteiger partial charge in [-0.25, -0.2) is 9.97 Å². The van der Waals surface area contributed by atoms with Crippen LogP contribution in [0.5, 0.6) is 5.75 Å². The molecule has 0 spiro atoms. The number of ether oxygens (including phenoxy) is 1. The molecule has 6 nitrogen and oxygen atoms in total. The molecule has 1 aliphatic heterocycles. The van der Waals surface area contributed by atoms with Gasteiger partial charge in [0.25, 0.3) is 5.91 Å². The molecule has 0 saturated heterocycles. The number of anilines is 3. The van der Waals surface area contributed by atoms with Crippen molar-refractivity contribution in [3.8, 4) is 5.75 Å². The molecule has 2 aromatic carbocycles. The first-order valence-electron chi connectivity index (χ1n) is 9.89. The van der Waals surface area contributed by atoms with Crippen molar-refractivity contribution < 1.29 is 9.53 Å². The third kappa shape index (κ3) is 3.78. The fourth-order valence-corrected chi connectivity index (χ4v) is 3.86. The summed E-state index contributed by atoms with van der Waals surface area (Å²) in [4.78, 5) is 23.7. The molecule has 2 aromatic heterocycles. The molecule has 0 radical (unpaired) electrons. The molecule has 31 heavy (non-hydrogen) atoms. The zero-order valence-corrected chi connectivity index (χ0v) is 17.6. The molecule has 0 saturated carbocycles. The summed E-state index contributed by atoms with van der Waals surface area (Å²) in [5.41, 5.74) is 3.66. The molecule has 4 aromatic rings. The molecule has 5 rings (SSSR count). The summed E-state index contributed by atoms with van der Waals surface area (Å²) < 4.78 is 5.33. The topological polar surface area (TPSA) is 67.3 Å². The highest BCUT2D eigenvalue weighted by Gasteiger charge is 2.23. The molecule has 154 valence electrons. The number of rotatable bonds is 4. The lowest BCUT2D eigenvalue weighted by atomic mass is 10.1. The normalized spacial score (nSPS) is 12.6. The first-order valence-corrected chi connectivity index (χ1v) is 10.3. The van der Waals surface area contributed by atoms with E-state index >= 15 is 0 Å². The first-order chi connectivity index (χ1) is 15.1. The Kier molecular flexibility index (Phi) is 4.92. The van der Waals surface area contributed by atoms with Gasteiger partial charge in [0.05, 0.1) is 17.6 Å². The molecule has 0 atom stereocenters. The van der Waals surface area contributed by atoms with Gasteiger partial charge in [0.1, 0.15) is 17.4 Å². The SMILES string of the molecule is COc1ccc2cc3c(nc2c1)N(c1ccc(C(=O)Nc2ccc(Cl)cn2)cc1)CC3. The van der Waals surface area contributed by atoms with E-state index in [-0.39, 0.29) is 5.91 Å². The lowest BCUT2D eigenvalue weighted by molar-refractivity contribution is 0.102. The molecule has 0 aliphatic carbocycles. The smallest absolute Gasteiger partial charge is 0.256 e. The number of pyridine rings is 2. The van der Waals surface area contributed by atoms with Gasteiger partial charge in [0, 0.05) is 35.4 Å². The zero-order chi connectivity index (χ0) is 21.4. The van der Waals surface area contributed by atoms with Gasteiger partial charge in [-0.2, -0.15) is 0 Å². The average molecular weight is 431 g/mol. The molecule has 0 fully saturated rings. The number of hydrogen-bond acceptors (Lipinski definition) is 5. The van der Waals surface area contributed by atoms with Gasteiger partial charge in [-0.05, 0) is 66.6 Å². The van der Waals surface area contributed by atoms with Crippen LogP contribution < -0.4 is 15.0 Å². The Balaban J connectivity index is 1.39. The maximum Gasteiger partial charge on any atom is 0.256 e. The molecule has 7 heteroatoms. The van der Waals surface area contributed by atoms with Gasteiger partial charge in [-0.1, -0.05) is 11.6 Å². The van der Waals surface area contributed by atoms with Crippen LogP contribution in [0.4, 0.5) is 17.3 Å². The molecule has 1 amide bonds. The maximum atomic E-state index is 12.5. The highest BCUT2D eigenvalue weighted by Crippen LogP contribution is 2.35. The van der Waals surface area contributed by atoms with Gasteiger partial charge >= 0.3 is 0 Å². The van der Waals surface area contributed by atoms with Gasteiger partial charge in [0.2, 0.25) is 0 Å². The van der Waals surface area contributed by atoms with Crippen LogP contribution in [0.3, 0.4) is 0 Å². The van der Waals surface area contributed by atoms with E-state index in [0.29, 0.717) is 16.4 Å². The first kappa shape index (κ1) is 19.3. The second kappa shape index (κ2) is 7.89. The van der Waals surface area contributed by atoms with Gasteiger partial charge in [0.15, 0.2) is 0 Å². The van der Waals surface area contributed by atoms with Crippen LogP contribution in [0.1, 0.15) is 15.9 Å². The number of methoxy groups -OCH3 is 1. The van der Waals surface area contributed by atoms with Crippen LogP contribution in [-0.2, 0) is 6.42 Å². The number of fused-ring (bicyclic) bond motifs is 2. The Hall–Kier alpha value is -3.64. The zero-order valence-electron chi connectivity index (χ0n) is 16.8. The van der Waals surface area contributed by atoms with E-state index < -0.39 is 0 Å². The maximum absolute atomic E-state index is 12.5. The third-order valence-electron chi connectivity index (χ3n) is 5.35. The minimum Gasteiger partial charge on any atom is -0.497 e. The largest absolute Gasteiger partial charge is 0.497 e. The van der Waals surface area contributed by atoms with Crippen LogP contribution in [0.2, 0.25) is 5.02 Å². The standard InChI is InChI=1S/C24H19ClN4O2/c1-31-20-8-4-16-12-17-10-11-29(23(17)27-21(16)13-20)19-6-2-15(3-7-19)24(30)28-22-9-5-18(25)14-26-22/h2-9,12-14H,10-11H2,1H3,(H,26,28,30). The fraction of sp³-hybridized carbons (Fsp3) is 0.125. The average Bonchev–Trinajstić information content (AvgIpc) is 3.21. The Morgan fingerprint density at radius 3 is 2.68 bits per heavy atom. The van der Waals surface area contributed by atoms with Crippen LogP contribution >= 0.6 is 11.6 Å². The summed E-state index contributed by atoms with van der Waals surface area (Å²) in [6, 6.07) is 19.0. The number of carbonyl (C=O) groups is 1. The number of nitrogens with one attached hydrogen (secondary N) is 1. The highest BCUT2D eigenvalue weighted by atomic mass is 35.5. The molecular weight excluding hydrogens is 412 g/mol. The van der Waals surface area contributed by atoms with E-state index in [0.717, 1.165) is 41.1 Å². The predicted octanol–water partition coefficient (Wildman–Crippen LogP) is 5.24. The van der Waals surface area contributed by atoms with Crippen molar-refractivity contribution in [2.24, 2.45) is 0 Å². The number of halogens is 1. The molecule has 1 N–H and O–H groups in total. The number of aromatic nitrogens is 2. The van der Waals surface area contributed by atoms with E-state index in [4.69, 9.17) is 21.3 Å².